The van der Waals surface area contributed by atoms with E-state index >= 15 is 0 Å². The summed E-state index contributed by atoms with van der Waals surface area (Å²) < 4.78 is 12.1. The lowest BCUT2D eigenvalue weighted by Gasteiger charge is -2.23. The average molecular weight is 912 g/mol. The molecule has 4 N–H and O–H groups in total. The van der Waals surface area contributed by atoms with Crippen LogP contribution in [0.25, 0.3) is 0 Å². The van der Waals surface area contributed by atoms with Gasteiger partial charge in [0.25, 0.3) is 0 Å². The Bertz CT molecular complexity index is 2600. The van der Waals surface area contributed by atoms with Crippen molar-refractivity contribution in [3.63, 3.8) is 0 Å². The molecule has 1 unspecified atom stereocenters. The summed E-state index contributed by atoms with van der Waals surface area (Å²) in [4.78, 5) is 59.9. The summed E-state index contributed by atoms with van der Waals surface area (Å²) in [6.45, 7) is 1.87. The predicted octanol–water partition coefficient (Wildman–Crippen LogP) is 8.79. The Morgan fingerprint density at radius 1 is 0.485 bits per heavy atom. The van der Waals surface area contributed by atoms with Crippen LogP contribution in [-0.4, -0.2) is 91.2 Å². The van der Waals surface area contributed by atoms with E-state index in [9.17, 15) is 29.4 Å². The number of ether oxygens (including phenoxy) is 2. The molecule has 2 atom stereocenters. The first-order chi connectivity index (χ1) is 33.0. The SMILES string of the molecule is CN(CCOc1ccc(CC(Nc2ccccc2C(=O)c2ccccc2)C(=O)O)cc1)c1cccc(N(C)CCOc2ccc(C[C@H](Nc3ccccc3C(=O)c3ccccc3)C(=O)O)cc2)n1. The van der Waals surface area contributed by atoms with Gasteiger partial charge in [0.1, 0.15) is 48.4 Å². The van der Waals surface area contributed by atoms with Crippen LogP contribution in [0.1, 0.15) is 43.0 Å². The molecule has 346 valence electrons. The second-order valence-corrected chi connectivity index (χ2v) is 16.1. The number of likely N-dealkylation sites (N-methyl/N-ethyl adjacent to an activating group) is 2. The fraction of sp³-hybridized carbons (Fsp3) is 0.182. The molecule has 0 fully saturated rings. The molecule has 0 saturated carbocycles. The molecule has 0 aliphatic heterocycles. The highest BCUT2D eigenvalue weighted by Crippen LogP contribution is 2.25. The minimum absolute atomic E-state index is 0.190. The van der Waals surface area contributed by atoms with Crippen LogP contribution in [0, 0.1) is 0 Å². The summed E-state index contributed by atoms with van der Waals surface area (Å²) in [6.07, 6.45) is 0.381. The first-order valence-corrected chi connectivity index (χ1v) is 22.2. The second-order valence-electron chi connectivity index (χ2n) is 16.1. The number of anilines is 4. The minimum Gasteiger partial charge on any atom is -0.492 e. The number of nitrogens with zero attached hydrogens (tertiary/aromatic N) is 3. The third-order valence-electron chi connectivity index (χ3n) is 11.3. The maximum Gasteiger partial charge on any atom is 0.326 e. The van der Waals surface area contributed by atoms with E-state index in [0.717, 1.165) is 22.8 Å². The van der Waals surface area contributed by atoms with E-state index in [1.165, 1.54) is 0 Å². The fourth-order valence-electron chi connectivity index (χ4n) is 7.46. The molecule has 68 heavy (non-hydrogen) atoms. The molecular formula is C55H53N5O8. The van der Waals surface area contributed by atoms with E-state index in [1.54, 1.807) is 97.1 Å². The Hall–Kier alpha value is -8.45. The van der Waals surface area contributed by atoms with Gasteiger partial charge in [0.15, 0.2) is 11.6 Å². The summed E-state index contributed by atoms with van der Waals surface area (Å²) in [5.74, 6) is 0.382. The number of carbonyl (C=O) groups is 4. The van der Waals surface area contributed by atoms with Crippen LogP contribution in [-0.2, 0) is 22.4 Å². The number of pyridine rings is 1. The number of aromatic nitrogens is 1. The molecule has 0 aliphatic carbocycles. The number of hydrogen-bond acceptors (Lipinski definition) is 11. The molecule has 6 aromatic carbocycles. The van der Waals surface area contributed by atoms with Gasteiger partial charge in [0.05, 0.1) is 13.1 Å². The van der Waals surface area contributed by atoms with Gasteiger partial charge < -0.3 is 40.1 Å². The summed E-state index contributed by atoms with van der Waals surface area (Å²) in [7, 11) is 3.88. The number of nitrogens with one attached hydrogen (secondary N) is 2. The van der Waals surface area contributed by atoms with Crippen LogP contribution in [0.3, 0.4) is 0 Å². The van der Waals surface area contributed by atoms with Crippen molar-refractivity contribution in [1.29, 1.82) is 0 Å². The number of carboxylic acids is 2. The molecule has 0 saturated heterocycles. The van der Waals surface area contributed by atoms with Crippen molar-refractivity contribution in [2.75, 3.05) is 60.8 Å². The zero-order valence-electron chi connectivity index (χ0n) is 37.8. The zero-order valence-corrected chi connectivity index (χ0v) is 37.8. The Kier molecular flexibility index (Phi) is 16.2. The van der Waals surface area contributed by atoms with Gasteiger partial charge in [-0.1, -0.05) is 115 Å². The maximum atomic E-state index is 13.2. The quantitative estimate of drug-likeness (QED) is 0.0425. The van der Waals surface area contributed by atoms with Crippen LogP contribution >= 0.6 is 0 Å². The van der Waals surface area contributed by atoms with Gasteiger partial charge >= 0.3 is 11.9 Å². The van der Waals surface area contributed by atoms with Gasteiger partial charge in [-0.05, 0) is 71.8 Å². The smallest absolute Gasteiger partial charge is 0.326 e. The number of carboxylic acid groups (broad SMARTS) is 2. The van der Waals surface area contributed by atoms with E-state index in [4.69, 9.17) is 14.5 Å². The molecule has 0 aliphatic rings. The molecule has 1 aromatic heterocycles. The van der Waals surface area contributed by atoms with Crippen LogP contribution in [0.4, 0.5) is 23.0 Å². The third kappa shape index (κ3) is 12.9. The lowest BCUT2D eigenvalue weighted by atomic mass is 10.00. The number of ketones is 2. The summed E-state index contributed by atoms with van der Waals surface area (Å²) >= 11 is 0. The van der Waals surface area contributed by atoms with Gasteiger partial charge in [-0.3, -0.25) is 9.59 Å². The second kappa shape index (κ2) is 23.1. The monoisotopic (exact) mass is 911 g/mol. The highest BCUT2D eigenvalue weighted by Gasteiger charge is 2.23. The molecule has 0 bridgehead atoms. The largest absolute Gasteiger partial charge is 0.492 e. The lowest BCUT2D eigenvalue weighted by Crippen LogP contribution is -2.32. The van der Waals surface area contributed by atoms with E-state index in [-0.39, 0.29) is 24.4 Å². The van der Waals surface area contributed by atoms with Crippen molar-refractivity contribution in [2.45, 2.75) is 24.9 Å². The van der Waals surface area contributed by atoms with Crippen molar-refractivity contribution in [1.82, 2.24) is 4.98 Å². The van der Waals surface area contributed by atoms with Crippen molar-refractivity contribution >= 4 is 46.5 Å². The molecule has 0 amide bonds. The fourth-order valence-corrected chi connectivity index (χ4v) is 7.46. The number of aliphatic carboxylic acids is 2. The van der Waals surface area contributed by atoms with Crippen molar-refractivity contribution in [2.24, 2.45) is 0 Å². The molecule has 0 radical (unpaired) electrons. The summed E-state index contributed by atoms with van der Waals surface area (Å²) in [5, 5.41) is 26.3. The summed E-state index contributed by atoms with van der Waals surface area (Å²) in [6, 6.07) is 50.1. The van der Waals surface area contributed by atoms with Gasteiger partial charge in [0.2, 0.25) is 0 Å². The van der Waals surface area contributed by atoms with Gasteiger partial charge in [-0.25, -0.2) is 14.6 Å². The maximum absolute atomic E-state index is 13.2. The Morgan fingerprint density at radius 2 is 0.853 bits per heavy atom. The minimum atomic E-state index is -1.03. The molecule has 1 heterocycles. The molecule has 13 nitrogen and oxygen atoms in total. The van der Waals surface area contributed by atoms with Crippen LogP contribution in [0.15, 0.2) is 176 Å². The number of hydrogen-bond donors (Lipinski definition) is 4. The van der Waals surface area contributed by atoms with Gasteiger partial charge in [-0.15, -0.1) is 0 Å². The third-order valence-corrected chi connectivity index (χ3v) is 11.3. The van der Waals surface area contributed by atoms with Crippen LogP contribution < -0.4 is 29.9 Å². The topological polar surface area (TPSA) is 171 Å². The van der Waals surface area contributed by atoms with E-state index in [2.05, 4.69) is 10.6 Å². The van der Waals surface area contributed by atoms with Crippen LogP contribution in [0.5, 0.6) is 11.5 Å². The average Bonchev–Trinajstić information content (AvgIpc) is 3.37. The molecule has 7 aromatic rings. The van der Waals surface area contributed by atoms with Crippen LogP contribution in [0.2, 0.25) is 0 Å². The number of benzene rings is 6. The predicted molar refractivity (Wildman–Crippen MR) is 265 cm³/mol. The first kappa shape index (κ1) is 47.5. The molecule has 0 spiro atoms. The van der Waals surface area contributed by atoms with Crippen molar-refractivity contribution in [3.05, 3.63) is 209 Å². The highest BCUT2D eigenvalue weighted by molar-refractivity contribution is 6.13. The molecule has 13 heteroatoms. The van der Waals surface area contributed by atoms with Crippen molar-refractivity contribution < 1.29 is 38.9 Å². The Balaban J connectivity index is 0.849. The molecular weight excluding hydrogens is 859 g/mol. The Morgan fingerprint density at radius 3 is 1.24 bits per heavy atom. The standard InChI is InChI=1S/C55H53N5O8/c1-59(32-34-67-42-28-24-38(25-29-42)36-48(54(63)64)56-46-20-11-9-18-44(46)52(61)40-14-5-3-6-15-40)50-22-13-23-51(58-50)60(2)33-35-68-43-30-26-39(27-31-43)37-49(55(65)66)57-47-21-12-10-19-45(47)53(62)41-16-7-4-8-17-41/h3-31,48-49,56-57H,32-37H2,1-2H3,(H,63,64)(H,65,66)/t48-,49?/m0/s1. The van der Waals surface area contributed by atoms with Crippen molar-refractivity contribution in [3.8, 4) is 11.5 Å². The number of para-hydroxylation sites is 2. The number of rotatable bonds is 24. The normalized spacial score (nSPS) is 11.7. The Labute approximate surface area is 395 Å². The zero-order chi connectivity index (χ0) is 47.8. The molecule has 7 rings (SSSR count). The first-order valence-electron chi connectivity index (χ1n) is 22.2. The number of carbonyl (C=O) groups excluding carboxylic acids is 2. The van der Waals surface area contributed by atoms with Gasteiger partial charge in [-0.2, -0.15) is 0 Å². The summed E-state index contributed by atoms with van der Waals surface area (Å²) in [5.41, 5.74) is 4.35. The van der Waals surface area contributed by atoms with E-state index in [1.807, 2.05) is 103 Å². The van der Waals surface area contributed by atoms with E-state index < -0.39 is 24.0 Å². The van der Waals surface area contributed by atoms with E-state index in [0.29, 0.717) is 71.4 Å². The van der Waals surface area contributed by atoms with Gasteiger partial charge in [0, 0.05) is 60.6 Å². The highest BCUT2D eigenvalue weighted by atomic mass is 16.5. The lowest BCUT2D eigenvalue weighted by molar-refractivity contribution is -0.138.